The van der Waals surface area contributed by atoms with Crippen LogP contribution in [0.4, 0.5) is 16.6 Å². The van der Waals surface area contributed by atoms with Crippen LogP contribution in [0.5, 0.6) is 5.75 Å². The molecule has 0 amide bonds. The van der Waals surface area contributed by atoms with Crippen molar-refractivity contribution >= 4 is 38.0 Å². The van der Waals surface area contributed by atoms with E-state index in [0.717, 1.165) is 43.3 Å². The van der Waals surface area contributed by atoms with Gasteiger partial charge in [-0.1, -0.05) is 0 Å². The van der Waals surface area contributed by atoms with E-state index in [1.54, 1.807) is 6.07 Å². The monoisotopic (exact) mass is 474 g/mol. The summed E-state index contributed by atoms with van der Waals surface area (Å²) < 4.78 is 29.4. The van der Waals surface area contributed by atoms with Crippen molar-refractivity contribution in [2.24, 2.45) is 5.14 Å². The van der Waals surface area contributed by atoms with Crippen LogP contribution in [0.25, 0.3) is 11.3 Å². The molecule has 4 rings (SSSR count). The molecule has 170 valence electrons. The van der Waals surface area contributed by atoms with Gasteiger partial charge in [-0.2, -0.15) is 0 Å². The summed E-state index contributed by atoms with van der Waals surface area (Å²) in [5, 5.41) is 14.3. The van der Waals surface area contributed by atoms with Crippen LogP contribution >= 0.6 is 11.3 Å². The fourth-order valence-corrected chi connectivity index (χ4v) is 4.61. The molecule has 0 bridgehead atoms. The number of hydrogen-bond acceptors (Lipinski definition) is 9. The fraction of sp³-hybridized carbons (Fsp3) is 0.333. The molecule has 11 heteroatoms. The van der Waals surface area contributed by atoms with Crippen LogP contribution in [0, 0.1) is 0 Å². The number of ether oxygens (including phenoxy) is 1. The number of benzene rings is 1. The van der Waals surface area contributed by atoms with E-state index in [-0.39, 0.29) is 11.0 Å². The Kier molecular flexibility index (Phi) is 6.60. The average Bonchev–Trinajstić information content (AvgIpc) is 3.23. The number of primary sulfonamides is 1. The highest BCUT2D eigenvalue weighted by molar-refractivity contribution is 7.89. The molecule has 1 aromatic carbocycles. The van der Waals surface area contributed by atoms with Crippen LogP contribution in [0.2, 0.25) is 0 Å². The Morgan fingerprint density at radius 3 is 2.66 bits per heavy atom. The van der Waals surface area contributed by atoms with Crippen molar-refractivity contribution in [3.8, 4) is 17.0 Å². The molecule has 0 saturated carbocycles. The van der Waals surface area contributed by atoms with Gasteiger partial charge in [0.05, 0.1) is 22.4 Å². The molecular formula is C21H26N6O3S2. The number of nitrogens with two attached hydrogens (primary N) is 1. The molecule has 0 spiro atoms. The third-order valence-electron chi connectivity index (χ3n) is 4.87. The van der Waals surface area contributed by atoms with Crippen molar-refractivity contribution in [3.63, 3.8) is 0 Å². The van der Waals surface area contributed by atoms with Gasteiger partial charge < -0.3 is 20.3 Å². The summed E-state index contributed by atoms with van der Waals surface area (Å²) in [6, 6.07) is 8.50. The lowest BCUT2D eigenvalue weighted by atomic mass is 10.2. The van der Waals surface area contributed by atoms with Gasteiger partial charge in [-0.05, 0) is 44.2 Å². The number of anilines is 3. The number of thiazole rings is 1. The maximum Gasteiger partial charge on any atom is 0.238 e. The summed E-state index contributed by atoms with van der Waals surface area (Å²) in [5.41, 5.74) is 2.18. The van der Waals surface area contributed by atoms with Crippen LogP contribution in [-0.2, 0) is 10.0 Å². The Hall–Kier alpha value is -2.73. The standard InChI is InChI=1S/C21H26N6O3S2/c1-14(2)30-19-5-4-16(32(22,28)29)11-17(19)25-21-26-18(13-31-21)15-3-6-20(24-12-15)27-9-7-23-8-10-27/h3-6,11-14,23H,7-10H2,1-2H3,(H,25,26)(H2,22,28,29). The molecule has 0 unspecified atom stereocenters. The topological polar surface area (TPSA) is 122 Å². The molecular weight excluding hydrogens is 448 g/mol. The highest BCUT2D eigenvalue weighted by Gasteiger charge is 2.16. The van der Waals surface area contributed by atoms with Gasteiger partial charge in [0.15, 0.2) is 5.13 Å². The van der Waals surface area contributed by atoms with Gasteiger partial charge in [0.2, 0.25) is 10.0 Å². The highest BCUT2D eigenvalue weighted by Crippen LogP contribution is 2.33. The van der Waals surface area contributed by atoms with E-state index in [1.807, 2.05) is 37.6 Å². The fourth-order valence-electron chi connectivity index (χ4n) is 3.34. The zero-order valence-corrected chi connectivity index (χ0v) is 19.5. The largest absolute Gasteiger partial charge is 0.489 e. The van der Waals surface area contributed by atoms with Gasteiger partial charge in [0, 0.05) is 43.3 Å². The molecule has 1 aliphatic rings. The summed E-state index contributed by atoms with van der Waals surface area (Å²) in [7, 11) is -3.84. The lowest BCUT2D eigenvalue weighted by Crippen LogP contribution is -2.43. The number of nitrogens with zero attached hydrogens (tertiary/aromatic N) is 3. The van der Waals surface area contributed by atoms with E-state index >= 15 is 0 Å². The number of rotatable bonds is 7. The zero-order valence-electron chi connectivity index (χ0n) is 17.9. The average molecular weight is 475 g/mol. The Morgan fingerprint density at radius 2 is 2.00 bits per heavy atom. The molecule has 1 saturated heterocycles. The van der Waals surface area contributed by atoms with Crippen LogP contribution in [0.15, 0.2) is 46.8 Å². The first-order chi connectivity index (χ1) is 15.3. The van der Waals surface area contributed by atoms with E-state index in [0.29, 0.717) is 16.6 Å². The molecule has 4 N–H and O–H groups in total. The van der Waals surface area contributed by atoms with Gasteiger partial charge in [-0.3, -0.25) is 0 Å². The molecule has 3 aromatic rings. The number of piperazine rings is 1. The molecule has 1 fully saturated rings. The number of hydrogen-bond donors (Lipinski definition) is 3. The predicted molar refractivity (Wildman–Crippen MR) is 127 cm³/mol. The Bertz CT molecular complexity index is 1170. The Morgan fingerprint density at radius 1 is 1.22 bits per heavy atom. The first-order valence-corrected chi connectivity index (χ1v) is 12.7. The first kappa shape index (κ1) is 22.5. The first-order valence-electron chi connectivity index (χ1n) is 10.3. The van der Waals surface area contributed by atoms with E-state index < -0.39 is 10.0 Å². The van der Waals surface area contributed by atoms with E-state index in [4.69, 9.17) is 9.88 Å². The van der Waals surface area contributed by atoms with Crippen LogP contribution in [0.1, 0.15) is 13.8 Å². The summed E-state index contributed by atoms with van der Waals surface area (Å²) >= 11 is 1.41. The number of sulfonamides is 1. The van der Waals surface area contributed by atoms with Crippen molar-refractivity contribution in [2.45, 2.75) is 24.8 Å². The molecule has 9 nitrogen and oxygen atoms in total. The van der Waals surface area contributed by atoms with Gasteiger partial charge in [0.1, 0.15) is 11.6 Å². The zero-order chi connectivity index (χ0) is 22.7. The highest BCUT2D eigenvalue weighted by atomic mass is 32.2. The van der Waals surface area contributed by atoms with Crippen molar-refractivity contribution in [2.75, 3.05) is 36.4 Å². The van der Waals surface area contributed by atoms with Gasteiger partial charge in [-0.25, -0.2) is 23.5 Å². The van der Waals surface area contributed by atoms with Gasteiger partial charge >= 0.3 is 0 Å². The van der Waals surface area contributed by atoms with Crippen molar-refractivity contribution in [3.05, 3.63) is 41.9 Å². The second-order valence-corrected chi connectivity index (χ2v) is 10.1. The van der Waals surface area contributed by atoms with Crippen LogP contribution < -0.4 is 25.4 Å². The predicted octanol–water partition coefficient (Wildman–Crippen LogP) is 2.79. The van der Waals surface area contributed by atoms with Gasteiger partial charge in [0.25, 0.3) is 0 Å². The maximum atomic E-state index is 11.8. The molecule has 0 radical (unpaired) electrons. The summed E-state index contributed by atoms with van der Waals surface area (Å²) in [6.45, 7) is 7.59. The van der Waals surface area contributed by atoms with Crippen LogP contribution in [0.3, 0.4) is 0 Å². The number of aromatic nitrogens is 2. The molecule has 32 heavy (non-hydrogen) atoms. The van der Waals surface area contributed by atoms with Crippen molar-refractivity contribution in [1.29, 1.82) is 0 Å². The van der Waals surface area contributed by atoms with Crippen molar-refractivity contribution < 1.29 is 13.2 Å². The van der Waals surface area contributed by atoms with E-state index in [1.165, 1.54) is 23.5 Å². The summed E-state index contributed by atoms with van der Waals surface area (Å²) in [5.74, 6) is 1.48. The molecule has 0 aliphatic carbocycles. The normalized spacial score (nSPS) is 14.6. The lowest BCUT2D eigenvalue weighted by Gasteiger charge is -2.28. The van der Waals surface area contributed by atoms with Crippen molar-refractivity contribution in [1.82, 2.24) is 15.3 Å². The number of pyridine rings is 1. The second-order valence-electron chi connectivity index (χ2n) is 7.67. The SMILES string of the molecule is CC(C)Oc1ccc(S(N)(=O)=O)cc1Nc1nc(-c2ccc(N3CCNCC3)nc2)cs1. The Labute approximate surface area is 191 Å². The quantitative estimate of drug-likeness (QED) is 0.478. The van der Waals surface area contributed by atoms with E-state index in [2.05, 4.69) is 25.5 Å². The smallest absolute Gasteiger partial charge is 0.238 e. The van der Waals surface area contributed by atoms with E-state index in [9.17, 15) is 8.42 Å². The third kappa shape index (κ3) is 5.36. The minimum Gasteiger partial charge on any atom is -0.489 e. The Balaban J connectivity index is 1.55. The second kappa shape index (κ2) is 9.41. The summed E-state index contributed by atoms with van der Waals surface area (Å²) in [4.78, 5) is 11.5. The lowest BCUT2D eigenvalue weighted by molar-refractivity contribution is 0.243. The summed E-state index contributed by atoms with van der Waals surface area (Å²) in [6.07, 6.45) is 1.74. The number of nitrogens with one attached hydrogen (secondary N) is 2. The van der Waals surface area contributed by atoms with Gasteiger partial charge in [-0.15, -0.1) is 11.3 Å². The van der Waals surface area contributed by atoms with Crippen LogP contribution in [-0.4, -0.2) is 50.7 Å². The maximum absolute atomic E-state index is 11.8. The third-order valence-corrected chi connectivity index (χ3v) is 6.54. The minimum atomic E-state index is -3.84. The molecule has 0 atom stereocenters. The molecule has 3 heterocycles. The minimum absolute atomic E-state index is 0.000544. The molecule has 2 aromatic heterocycles. The molecule has 1 aliphatic heterocycles.